The molecule has 1 unspecified atom stereocenters. The predicted octanol–water partition coefficient (Wildman–Crippen LogP) is 1.27. The summed E-state index contributed by atoms with van der Waals surface area (Å²) in [6.07, 6.45) is 1.43. The number of nitrogens with zero attached hydrogens (tertiary/aromatic N) is 1. The van der Waals surface area contributed by atoms with Crippen molar-refractivity contribution in [1.29, 1.82) is 0 Å². The number of aliphatic carboxylic acids is 1. The largest absolute Gasteiger partial charge is 0.481 e. The molecule has 0 bridgehead atoms. The van der Waals surface area contributed by atoms with E-state index in [0.717, 1.165) is 12.0 Å². The molecule has 4 N–H and O–H groups in total. The van der Waals surface area contributed by atoms with Crippen LogP contribution in [0.25, 0.3) is 0 Å². The normalized spacial score (nSPS) is 18.1. The highest BCUT2D eigenvalue weighted by molar-refractivity contribution is 5.89. The first-order chi connectivity index (χ1) is 9.54. The van der Waals surface area contributed by atoms with Crippen molar-refractivity contribution in [1.82, 2.24) is 4.90 Å². The van der Waals surface area contributed by atoms with Crippen molar-refractivity contribution < 1.29 is 14.7 Å². The van der Waals surface area contributed by atoms with Crippen LogP contribution in [0.4, 0.5) is 10.5 Å². The van der Waals surface area contributed by atoms with E-state index in [2.05, 4.69) is 5.32 Å². The van der Waals surface area contributed by atoms with Crippen LogP contribution < -0.4 is 11.1 Å². The summed E-state index contributed by atoms with van der Waals surface area (Å²) >= 11 is 0. The summed E-state index contributed by atoms with van der Waals surface area (Å²) in [6.45, 7) is 1.27. The van der Waals surface area contributed by atoms with Gasteiger partial charge in [-0.2, -0.15) is 0 Å². The van der Waals surface area contributed by atoms with Crippen LogP contribution in [-0.2, 0) is 11.2 Å². The second-order valence-corrected chi connectivity index (χ2v) is 5.02. The molecule has 20 heavy (non-hydrogen) atoms. The van der Waals surface area contributed by atoms with Gasteiger partial charge >= 0.3 is 12.0 Å². The molecule has 1 aliphatic rings. The van der Waals surface area contributed by atoms with E-state index in [-0.39, 0.29) is 18.5 Å². The fourth-order valence-corrected chi connectivity index (χ4v) is 2.18. The molecule has 2 rings (SSSR count). The van der Waals surface area contributed by atoms with E-state index in [1.807, 2.05) is 12.1 Å². The number of carbonyl (C=O) groups is 2. The van der Waals surface area contributed by atoms with Crippen LogP contribution in [0, 0.1) is 0 Å². The molecule has 0 radical (unpaired) electrons. The van der Waals surface area contributed by atoms with E-state index in [0.29, 0.717) is 25.2 Å². The maximum atomic E-state index is 11.9. The zero-order valence-electron chi connectivity index (χ0n) is 11.2. The number of carbonyl (C=O) groups excluding carboxylic acids is 1. The molecule has 1 aromatic carbocycles. The Labute approximate surface area is 117 Å². The van der Waals surface area contributed by atoms with Crippen molar-refractivity contribution in [3.8, 4) is 0 Å². The zero-order chi connectivity index (χ0) is 14.5. The lowest BCUT2D eigenvalue weighted by Gasteiger charge is -2.16. The highest BCUT2D eigenvalue weighted by Crippen LogP contribution is 2.14. The molecule has 0 saturated carbocycles. The Kier molecular flexibility index (Phi) is 4.57. The van der Waals surface area contributed by atoms with Gasteiger partial charge in [-0.1, -0.05) is 12.1 Å². The Bertz CT molecular complexity index is 487. The van der Waals surface area contributed by atoms with Gasteiger partial charge in [-0.15, -0.1) is 0 Å². The number of hydrogen-bond donors (Lipinski definition) is 3. The van der Waals surface area contributed by atoms with Gasteiger partial charge in [0, 0.05) is 31.2 Å². The molecule has 1 fully saturated rings. The smallest absolute Gasteiger partial charge is 0.321 e. The first-order valence-corrected chi connectivity index (χ1v) is 6.67. The maximum Gasteiger partial charge on any atom is 0.321 e. The highest BCUT2D eigenvalue weighted by atomic mass is 16.4. The number of rotatable bonds is 4. The fourth-order valence-electron chi connectivity index (χ4n) is 2.18. The van der Waals surface area contributed by atoms with Gasteiger partial charge in [-0.25, -0.2) is 4.79 Å². The van der Waals surface area contributed by atoms with Gasteiger partial charge in [0.2, 0.25) is 0 Å². The lowest BCUT2D eigenvalue weighted by Crippen LogP contribution is -2.35. The van der Waals surface area contributed by atoms with Crippen molar-refractivity contribution in [2.45, 2.75) is 25.3 Å². The van der Waals surface area contributed by atoms with Gasteiger partial charge in [0.1, 0.15) is 0 Å². The standard InChI is InChI=1S/C14H19N3O3/c15-11-7-8-17(9-11)14(20)16-12-4-1-10(2-5-12)3-6-13(18)19/h1-2,4-5,11H,3,6-9,15H2,(H,16,20)(H,18,19). The third kappa shape index (κ3) is 3.96. The molecule has 6 heteroatoms. The topological polar surface area (TPSA) is 95.7 Å². The average Bonchev–Trinajstić information content (AvgIpc) is 2.85. The third-order valence-electron chi connectivity index (χ3n) is 3.34. The zero-order valence-corrected chi connectivity index (χ0v) is 11.2. The minimum Gasteiger partial charge on any atom is -0.481 e. The number of amides is 2. The SMILES string of the molecule is NC1CCN(C(=O)Nc2ccc(CCC(=O)O)cc2)C1. The number of nitrogens with two attached hydrogens (primary N) is 1. The summed E-state index contributed by atoms with van der Waals surface area (Å²) in [5, 5.41) is 11.4. The van der Waals surface area contributed by atoms with Gasteiger partial charge < -0.3 is 21.1 Å². The van der Waals surface area contributed by atoms with Crippen LogP contribution in [0.15, 0.2) is 24.3 Å². The molecule has 0 aliphatic carbocycles. The molecule has 2 amide bonds. The molecule has 1 heterocycles. The lowest BCUT2D eigenvalue weighted by atomic mass is 10.1. The average molecular weight is 277 g/mol. The minimum absolute atomic E-state index is 0.0687. The number of anilines is 1. The van der Waals surface area contributed by atoms with E-state index in [1.165, 1.54) is 0 Å². The number of carboxylic acids is 1. The lowest BCUT2D eigenvalue weighted by molar-refractivity contribution is -0.136. The maximum absolute atomic E-state index is 11.9. The van der Waals surface area contributed by atoms with Gasteiger partial charge in [0.15, 0.2) is 0 Å². The second kappa shape index (κ2) is 6.38. The molecule has 108 valence electrons. The van der Waals surface area contributed by atoms with Gasteiger partial charge in [-0.05, 0) is 30.5 Å². The minimum atomic E-state index is -0.812. The Hall–Kier alpha value is -2.08. The number of aryl methyl sites for hydroxylation is 1. The Morgan fingerprint density at radius 3 is 2.60 bits per heavy atom. The van der Waals surface area contributed by atoms with Crippen LogP contribution in [0.3, 0.4) is 0 Å². The summed E-state index contributed by atoms with van der Waals surface area (Å²) < 4.78 is 0. The van der Waals surface area contributed by atoms with E-state index in [1.54, 1.807) is 17.0 Å². The molecule has 1 saturated heterocycles. The molecule has 1 aromatic rings. The van der Waals surface area contributed by atoms with Gasteiger partial charge in [0.25, 0.3) is 0 Å². The Morgan fingerprint density at radius 2 is 2.05 bits per heavy atom. The quantitative estimate of drug-likeness (QED) is 0.772. The molecular formula is C14H19N3O3. The van der Waals surface area contributed by atoms with Gasteiger partial charge in [0.05, 0.1) is 0 Å². The fraction of sp³-hybridized carbons (Fsp3) is 0.429. The summed E-state index contributed by atoms with van der Waals surface area (Å²) in [6, 6.07) is 7.15. The monoisotopic (exact) mass is 277 g/mol. The third-order valence-corrected chi connectivity index (χ3v) is 3.34. The molecule has 0 spiro atoms. The van der Waals surface area contributed by atoms with E-state index < -0.39 is 5.97 Å². The number of urea groups is 1. The molecule has 0 aromatic heterocycles. The van der Waals surface area contributed by atoms with Crippen molar-refractivity contribution in [3.63, 3.8) is 0 Å². The van der Waals surface area contributed by atoms with Crippen molar-refractivity contribution in [3.05, 3.63) is 29.8 Å². The molecule has 1 aliphatic heterocycles. The van der Waals surface area contributed by atoms with E-state index in [4.69, 9.17) is 10.8 Å². The summed E-state index contributed by atoms with van der Waals surface area (Å²) in [5.41, 5.74) is 7.41. The highest BCUT2D eigenvalue weighted by Gasteiger charge is 2.23. The van der Waals surface area contributed by atoms with Crippen LogP contribution in [0.5, 0.6) is 0 Å². The van der Waals surface area contributed by atoms with Crippen molar-refractivity contribution >= 4 is 17.7 Å². The van der Waals surface area contributed by atoms with Crippen LogP contribution in [-0.4, -0.2) is 41.1 Å². The molecular weight excluding hydrogens is 258 g/mol. The summed E-state index contributed by atoms with van der Waals surface area (Å²) in [4.78, 5) is 24.1. The predicted molar refractivity (Wildman–Crippen MR) is 75.6 cm³/mol. The van der Waals surface area contributed by atoms with Crippen molar-refractivity contribution in [2.24, 2.45) is 5.73 Å². The van der Waals surface area contributed by atoms with Crippen molar-refractivity contribution in [2.75, 3.05) is 18.4 Å². The summed E-state index contributed by atoms with van der Waals surface area (Å²) in [7, 11) is 0. The van der Waals surface area contributed by atoms with E-state index >= 15 is 0 Å². The number of hydrogen-bond acceptors (Lipinski definition) is 3. The van der Waals surface area contributed by atoms with Crippen LogP contribution >= 0.6 is 0 Å². The number of likely N-dealkylation sites (tertiary alicyclic amines) is 1. The molecule has 6 nitrogen and oxygen atoms in total. The first kappa shape index (κ1) is 14.3. The second-order valence-electron chi connectivity index (χ2n) is 5.02. The molecule has 1 atom stereocenters. The number of benzene rings is 1. The van der Waals surface area contributed by atoms with Crippen LogP contribution in [0.2, 0.25) is 0 Å². The number of nitrogens with one attached hydrogen (secondary N) is 1. The van der Waals surface area contributed by atoms with Gasteiger partial charge in [-0.3, -0.25) is 4.79 Å². The summed E-state index contributed by atoms with van der Waals surface area (Å²) in [5.74, 6) is -0.812. The Morgan fingerprint density at radius 1 is 1.35 bits per heavy atom. The van der Waals surface area contributed by atoms with Crippen LogP contribution in [0.1, 0.15) is 18.4 Å². The van der Waals surface area contributed by atoms with E-state index in [9.17, 15) is 9.59 Å². The first-order valence-electron chi connectivity index (χ1n) is 6.67. The Balaban J connectivity index is 1.87. The number of carboxylic acid groups (broad SMARTS) is 1.